The van der Waals surface area contributed by atoms with Crippen molar-refractivity contribution < 1.29 is 19.8 Å². The number of fused-ring (bicyclic) bond motifs is 10. The first-order chi connectivity index (χ1) is 32.4. The summed E-state index contributed by atoms with van der Waals surface area (Å²) in [4.78, 5) is 26.9. The quantitative estimate of drug-likeness (QED) is 0.230. The van der Waals surface area contributed by atoms with Gasteiger partial charge in [0.05, 0.1) is 46.6 Å². The third kappa shape index (κ3) is 10.4. The average molecular weight is 1040 g/mol. The number of alkyl halides is 1. The van der Waals surface area contributed by atoms with Crippen LogP contribution in [0.3, 0.4) is 0 Å². The Balaban J connectivity index is 0.000000202. The standard InChI is InChI=1S/C29H43N3O2.C25H41BrO2.C4H3N3.2CH4/c1-18(2)22-12-24-21-7-6-20-13-27(3,34)10-11-28(20,4)23(21)8-9-29(24,5)26(22)25(33)17-32-16-19(14-30)15-31-32;1-15(2)18-12-20-17-7-6-16-13-23(3,28)10-11-24(16,4)19(17)8-9-25(20,5)22(18)21(27)14-26;5-1-4-2-6-7-3-4;;/h15-16,18,20-24,26,34H,6-13,17H2,1-5H3;15-20,22,28H,6-14H2,1-5H3;2-3H,(H,6,7);2*1H4/t20-,21+,22-,23-,24-,26+,27+,28-,29-;16-,17+,18-,19-,20-,22+,23+,24-,25-;;;/m00.../s1. The number of hydrogen-bond acceptors (Lipinski definition) is 8. The molecule has 0 unspecified atom stereocenters. The molecule has 3 N–H and O–H groups in total. The van der Waals surface area contributed by atoms with Crippen molar-refractivity contribution in [3.05, 3.63) is 35.9 Å². The highest BCUT2D eigenvalue weighted by molar-refractivity contribution is 9.09. The van der Waals surface area contributed by atoms with Gasteiger partial charge in [-0.15, -0.1) is 0 Å². The number of rotatable bonds is 7. The zero-order chi connectivity index (χ0) is 50.1. The van der Waals surface area contributed by atoms with Crippen LogP contribution in [-0.4, -0.2) is 58.3 Å². The summed E-state index contributed by atoms with van der Waals surface area (Å²) >= 11 is 3.50. The third-order valence-electron chi connectivity index (χ3n) is 22.4. The number of ketones is 2. The predicted octanol–water partition coefficient (Wildman–Crippen LogP) is 13.4. The molecular weight excluding hydrogens is 949 g/mol. The van der Waals surface area contributed by atoms with Gasteiger partial charge in [0.1, 0.15) is 17.9 Å². The van der Waals surface area contributed by atoms with Gasteiger partial charge in [0.25, 0.3) is 0 Å². The summed E-state index contributed by atoms with van der Waals surface area (Å²) in [5, 5.41) is 49.6. The molecule has 2 aromatic rings. The molecule has 2 aromatic heterocycles. The molecule has 0 bridgehead atoms. The maximum atomic E-state index is 13.8. The minimum absolute atomic E-state index is 0. The number of H-pyrrole nitrogens is 1. The van der Waals surface area contributed by atoms with Crippen LogP contribution < -0.4 is 0 Å². The van der Waals surface area contributed by atoms with Crippen LogP contribution in [0.15, 0.2) is 24.8 Å². The molecule has 8 aliphatic carbocycles. The second kappa shape index (κ2) is 21.4. The van der Waals surface area contributed by atoms with E-state index >= 15 is 0 Å². The lowest BCUT2D eigenvalue weighted by molar-refractivity contribution is -0.151. The van der Waals surface area contributed by atoms with Gasteiger partial charge in [-0.3, -0.25) is 19.4 Å². The number of hydrogen-bond donors (Lipinski definition) is 3. The van der Waals surface area contributed by atoms with E-state index in [9.17, 15) is 19.8 Å². The Hall–Kier alpha value is -2.86. The number of nitriles is 2. The Morgan fingerprint density at radius 2 is 1.14 bits per heavy atom. The van der Waals surface area contributed by atoms with E-state index in [-0.39, 0.29) is 44.1 Å². The van der Waals surface area contributed by atoms with E-state index in [0.717, 1.165) is 56.3 Å². The average Bonchev–Trinajstić information content (AvgIpc) is 4.11. The Morgan fingerprint density at radius 1 is 0.676 bits per heavy atom. The molecule has 0 aromatic carbocycles. The Kier molecular flexibility index (Phi) is 17.3. The van der Waals surface area contributed by atoms with E-state index in [2.05, 4.69) is 99.6 Å². The lowest BCUT2D eigenvalue weighted by atomic mass is 9.44. The van der Waals surface area contributed by atoms with Gasteiger partial charge in [-0.2, -0.15) is 20.7 Å². The topological polar surface area (TPSA) is 169 Å². The molecule has 0 saturated heterocycles. The fourth-order valence-electron chi connectivity index (χ4n) is 18.7. The van der Waals surface area contributed by atoms with Gasteiger partial charge in [0.2, 0.25) is 0 Å². The molecule has 71 heavy (non-hydrogen) atoms. The molecule has 8 aliphatic rings. The second-order valence-electron chi connectivity index (χ2n) is 26.8. The Bertz CT molecular complexity index is 2240. The van der Waals surface area contributed by atoms with Crippen LogP contribution in [0.4, 0.5) is 0 Å². The molecule has 0 spiro atoms. The SMILES string of the molecule is C.C.CC(C)[C@@H]1C[C@H]2[C@@H]3CC[C@H]4C[C@](C)(O)CC[C@]4(C)[C@H]3CC[C@]2(C)[C@H]1C(=O)CBr.CC(C)[C@@H]1C[C@H]2[C@@H]3CC[C@H]4C[C@](C)(O)CC[C@]4(C)[C@H]3CC[C@]2(C)[C@H]1C(=O)Cn1cc(C#N)cn1.N#Cc1cn[nH]c1. The van der Waals surface area contributed by atoms with E-state index in [1.807, 2.05) is 13.0 Å². The Morgan fingerprint density at radius 3 is 1.52 bits per heavy atom. The van der Waals surface area contributed by atoms with Crippen LogP contribution >= 0.6 is 15.9 Å². The number of aliphatic hydroxyl groups is 2. The van der Waals surface area contributed by atoms with Crippen molar-refractivity contribution in [3.8, 4) is 12.1 Å². The van der Waals surface area contributed by atoms with Crippen LogP contribution in [0.1, 0.15) is 198 Å². The first-order valence-electron chi connectivity index (χ1n) is 27.3. The van der Waals surface area contributed by atoms with E-state index in [1.165, 1.54) is 70.4 Å². The molecule has 10 rings (SSSR count). The monoisotopic (exact) mass is 1040 g/mol. The number of carbonyl (C=O) groups is 2. The molecule has 10 nitrogen and oxygen atoms in total. The molecule has 8 fully saturated rings. The number of carbonyl (C=O) groups excluding carboxylic acids is 2. The fourth-order valence-corrected chi connectivity index (χ4v) is 19.1. The van der Waals surface area contributed by atoms with Gasteiger partial charge in [-0.25, -0.2) is 0 Å². The molecule has 2 heterocycles. The Labute approximate surface area is 438 Å². The molecule has 8 saturated carbocycles. The minimum Gasteiger partial charge on any atom is -0.390 e. The third-order valence-corrected chi connectivity index (χ3v) is 22.9. The van der Waals surface area contributed by atoms with E-state index < -0.39 is 11.2 Å². The van der Waals surface area contributed by atoms with Crippen molar-refractivity contribution in [2.45, 2.75) is 205 Å². The van der Waals surface area contributed by atoms with Crippen molar-refractivity contribution in [1.82, 2.24) is 20.0 Å². The number of Topliss-reactive ketones (excluding diaryl/α,β-unsaturated/α-hetero) is 2. The van der Waals surface area contributed by atoms with Gasteiger partial charge in [0, 0.05) is 24.2 Å². The zero-order valence-corrected chi connectivity index (χ0v) is 45.5. The van der Waals surface area contributed by atoms with E-state index in [1.54, 1.807) is 23.3 Å². The van der Waals surface area contributed by atoms with Crippen LogP contribution in [0.25, 0.3) is 0 Å². The van der Waals surface area contributed by atoms with E-state index in [4.69, 9.17) is 10.5 Å². The normalized spacial score (nSPS) is 43.8. The lowest BCUT2D eigenvalue weighted by Gasteiger charge is -2.61. The summed E-state index contributed by atoms with van der Waals surface area (Å²) in [6.07, 6.45) is 24.9. The molecule has 0 aliphatic heterocycles. The zero-order valence-electron chi connectivity index (χ0n) is 43.9. The molecule has 396 valence electrons. The number of nitrogens with one attached hydrogen (secondary N) is 1. The predicted molar refractivity (Wildman–Crippen MR) is 287 cm³/mol. The van der Waals surface area contributed by atoms with Crippen LogP contribution in [0, 0.1) is 127 Å². The van der Waals surface area contributed by atoms with Gasteiger partial charge >= 0.3 is 0 Å². The maximum absolute atomic E-state index is 13.8. The van der Waals surface area contributed by atoms with Gasteiger partial charge in [-0.1, -0.05) is 86.2 Å². The van der Waals surface area contributed by atoms with Gasteiger partial charge in [-0.05, 0) is 209 Å². The van der Waals surface area contributed by atoms with Crippen LogP contribution in [-0.2, 0) is 16.1 Å². The summed E-state index contributed by atoms with van der Waals surface area (Å²) in [5.74, 6) is 8.80. The van der Waals surface area contributed by atoms with Crippen molar-refractivity contribution >= 4 is 27.5 Å². The summed E-state index contributed by atoms with van der Waals surface area (Å²) in [6.45, 7) is 23.6. The van der Waals surface area contributed by atoms with Gasteiger partial charge < -0.3 is 10.2 Å². The maximum Gasteiger partial charge on any atom is 0.158 e. The van der Waals surface area contributed by atoms with Crippen molar-refractivity contribution in [2.75, 3.05) is 5.33 Å². The second-order valence-corrected chi connectivity index (χ2v) is 27.3. The van der Waals surface area contributed by atoms with Crippen molar-refractivity contribution in [3.63, 3.8) is 0 Å². The molecule has 18 atom stereocenters. The number of aromatic amines is 1. The highest BCUT2D eigenvalue weighted by Gasteiger charge is 2.66. The summed E-state index contributed by atoms with van der Waals surface area (Å²) < 4.78 is 1.67. The summed E-state index contributed by atoms with van der Waals surface area (Å²) in [7, 11) is 0. The van der Waals surface area contributed by atoms with Crippen LogP contribution in [0.5, 0.6) is 0 Å². The summed E-state index contributed by atoms with van der Waals surface area (Å²) in [5.41, 5.74) is 1.13. The fraction of sp³-hybridized carbons (Fsp3) is 0.833. The van der Waals surface area contributed by atoms with Crippen molar-refractivity contribution in [1.29, 1.82) is 10.5 Å². The van der Waals surface area contributed by atoms with Crippen LogP contribution in [0.2, 0.25) is 0 Å². The first kappa shape index (κ1) is 57.4. The molecule has 0 amide bonds. The van der Waals surface area contributed by atoms with E-state index in [0.29, 0.717) is 92.1 Å². The summed E-state index contributed by atoms with van der Waals surface area (Å²) in [6, 6.07) is 4.04. The lowest BCUT2D eigenvalue weighted by Crippen LogP contribution is -2.55. The number of halogens is 1. The van der Waals surface area contributed by atoms with Gasteiger partial charge in [0.15, 0.2) is 5.78 Å². The minimum atomic E-state index is -0.494. The molecule has 0 radical (unpaired) electrons. The molecule has 11 heteroatoms. The first-order valence-corrected chi connectivity index (χ1v) is 28.4. The number of nitrogens with zero attached hydrogens (tertiary/aromatic N) is 5. The highest BCUT2D eigenvalue weighted by atomic mass is 79.9. The highest BCUT2D eigenvalue weighted by Crippen LogP contribution is 2.71. The molecular formula is C60H95BrN6O4. The largest absolute Gasteiger partial charge is 0.390 e. The smallest absolute Gasteiger partial charge is 0.158 e. The van der Waals surface area contributed by atoms with Crippen molar-refractivity contribution in [2.24, 2.45) is 105 Å². The number of aromatic nitrogens is 4.